The largest absolute Gasteiger partial charge is 0.416 e. The number of amides is 2. The van der Waals surface area contributed by atoms with Crippen molar-refractivity contribution in [2.75, 3.05) is 19.4 Å². The van der Waals surface area contributed by atoms with E-state index in [1.165, 1.54) is 35.2 Å². The van der Waals surface area contributed by atoms with Crippen LogP contribution in [0.15, 0.2) is 47.4 Å². The molecule has 0 aliphatic heterocycles. The topological polar surface area (TPSA) is 96.3 Å². The number of urea groups is 1. The van der Waals surface area contributed by atoms with Gasteiger partial charge in [-0.3, -0.25) is 0 Å². The van der Waals surface area contributed by atoms with Crippen LogP contribution in [0.2, 0.25) is 0 Å². The van der Waals surface area contributed by atoms with Crippen LogP contribution in [0.1, 0.15) is 31.3 Å². The molecule has 2 amide bonds. The van der Waals surface area contributed by atoms with Crippen LogP contribution >= 0.6 is 0 Å². The van der Waals surface area contributed by atoms with Crippen molar-refractivity contribution in [3.05, 3.63) is 53.9 Å². The lowest BCUT2D eigenvalue weighted by Crippen LogP contribution is -2.29. The first-order valence-electron chi connectivity index (χ1n) is 10.0. The third-order valence-electron chi connectivity index (χ3n) is 4.96. The predicted octanol–water partition coefficient (Wildman–Crippen LogP) is 4.21. The number of nitrogens with one attached hydrogen (secondary N) is 2. The van der Waals surface area contributed by atoms with Crippen LogP contribution in [0.5, 0.6) is 0 Å². The maximum absolute atomic E-state index is 13.1. The van der Waals surface area contributed by atoms with Gasteiger partial charge in [-0.15, -0.1) is 0 Å². The standard InChI is InChI=1S/C21H24F3N5O3S/c1-5-29-18-12-14(21(22,23)24)6-11-17(18)26-19(29)13(2)27-33(31,32)16-9-7-15(8-10-16)25-20(30)28(3)4/h6-13,27H,5H2,1-4H3,(H,25,30). The van der Waals surface area contributed by atoms with Crippen molar-refractivity contribution < 1.29 is 26.4 Å². The number of carbonyl (C=O) groups excluding carboxylic acids is 1. The van der Waals surface area contributed by atoms with Crippen LogP contribution in [-0.2, 0) is 22.7 Å². The summed E-state index contributed by atoms with van der Waals surface area (Å²) in [4.78, 5) is 17.4. The normalized spacial score (nSPS) is 13.2. The Kier molecular flexibility index (Phi) is 6.70. The molecule has 8 nitrogen and oxygen atoms in total. The van der Waals surface area contributed by atoms with Crippen LogP contribution in [-0.4, -0.2) is 43.0 Å². The summed E-state index contributed by atoms with van der Waals surface area (Å²) in [6.07, 6.45) is -4.50. The summed E-state index contributed by atoms with van der Waals surface area (Å²) < 4.78 is 69.2. The molecule has 0 aliphatic rings. The molecule has 0 aliphatic carbocycles. The van der Waals surface area contributed by atoms with Crippen molar-refractivity contribution in [2.24, 2.45) is 0 Å². The SMILES string of the molecule is CCn1c(C(C)NS(=O)(=O)c2ccc(NC(=O)N(C)C)cc2)nc2ccc(C(F)(F)F)cc21. The fraction of sp³-hybridized carbons (Fsp3) is 0.333. The summed E-state index contributed by atoms with van der Waals surface area (Å²) in [5.74, 6) is 0.297. The van der Waals surface area contributed by atoms with Crippen molar-refractivity contribution in [2.45, 2.75) is 37.5 Å². The number of hydrogen-bond acceptors (Lipinski definition) is 4. The van der Waals surface area contributed by atoms with Crippen LogP contribution < -0.4 is 10.0 Å². The van der Waals surface area contributed by atoms with E-state index in [1.807, 2.05) is 0 Å². The Labute approximate surface area is 189 Å². The maximum Gasteiger partial charge on any atom is 0.416 e. The highest BCUT2D eigenvalue weighted by molar-refractivity contribution is 7.89. The van der Waals surface area contributed by atoms with E-state index in [1.54, 1.807) is 32.5 Å². The molecule has 2 N–H and O–H groups in total. The van der Waals surface area contributed by atoms with Crippen LogP contribution in [0.25, 0.3) is 11.0 Å². The molecule has 12 heteroatoms. The average Bonchev–Trinajstić information content (AvgIpc) is 3.11. The zero-order valence-corrected chi connectivity index (χ0v) is 19.3. The van der Waals surface area contributed by atoms with E-state index < -0.39 is 27.8 Å². The van der Waals surface area contributed by atoms with Gasteiger partial charge in [0.05, 0.1) is 27.5 Å². The fourth-order valence-corrected chi connectivity index (χ4v) is 4.49. The lowest BCUT2D eigenvalue weighted by atomic mass is 10.2. The Hall–Kier alpha value is -3.12. The Morgan fingerprint density at radius 2 is 1.79 bits per heavy atom. The number of nitrogens with zero attached hydrogens (tertiary/aromatic N) is 3. The monoisotopic (exact) mass is 483 g/mol. The number of benzene rings is 2. The van der Waals surface area contributed by atoms with Gasteiger partial charge in [-0.1, -0.05) is 0 Å². The molecule has 178 valence electrons. The molecule has 1 aromatic heterocycles. The molecular formula is C21H24F3N5O3S. The van der Waals surface area contributed by atoms with Crippen LogP contribution in [0, 0.1) is 0 Å². The van der Waals surface area contributed by atoms with E-state index in [2.05, 4.69) is 15.0 Å². The molecule has 0 saturated carbocycles. The highest BCUT2D eigenvalue weighted by Crippen LogP contribution is 2.32. The quantitative estimate of drug-likeness (QED) is 0.549. The molecule has 1 unspecified atom stereocenters. The molecule has 0 bridgehead atoms. The second kappa shape index (κ2) is 9.02. The van der Waals surface area contributed by atoms with E-state index in [0.29, 0.717) is 23.6 Å². The van der Waals surface area contributed by atoms with Gasteiger partial charge < -0.3 is 14.8 Å². The Morgan fingerprint density at radius 3 is 2.33 bits per heavy atom. The number of hydrogen-bond donors (Lipinski definition) is 2. The van der Waals surface area contributed by atoms with Gasteiger partial charge in [0.1, 0.15) is 5.82 Å². The number of halogens is 3. The van der Waals surface area contributed by atoms with Gasteiger partial charge in [-0.25, -0.2) is 22.9 Å². The fourth-order valence-electron chi connectivity index (χ4n) is 3.29. The molecule has 2 aromatic carbocycles. The number of imidazole rings is 1. The Balaban J connectivity index is 1.86. The molecule has 1 heterocycles. The minimum Gasteiger partial charge on any atom is -0.331 e. The zero-order chi connectivity index (χ0) is 24.6. The lowest BCUT2D eigenvalue weighted by molar-refractivity contribution is -0.137. The van der Waals surface area contributed by atoms with E-state index in [0.717, 1.165) is 12.1 Å². The second-order valence-electron chi connectivity index (χ2n) is 7.61. The first-order chi connectivity index (χ1) is 15.3. The number of alkyl halides is 3. The number of aromatic nitrogens is 2. The molecule has 1 atom stereocenters. The third-order valence-corrected chi connectivity index (χ3v) is 6.52. The summed E-state index contributed by atoms with van der Waals surface area (Å²) in [5.41, 5.74) is 0.237. The third kappa shape index (κ3) is 5.28. The summed E-state index contributed by atoms with van der Waals surface area (Å²) in [6, 6.07) is 7.67. The smallest absolute Gasteiger partial charge is 0.331 e. The molecule has 0 radical (unpaired) electrons. The van der Waals surface area contributed by atoms with Crippen LogP contribution in [0.4, 0.5) is 23.7 Å². The predicted molar refractivity (Wildman–Crippen MR) is 118 cm³/mol. The summed E-state index contributed by atoms with van der Waals surface area (Å²) in [5, 5.41) is 2.61. The maximum atomic E-state index is 13.1. The summed E-state index contributed by atoms with van der Waals surface area (Å²) in [6.45, 7) is 3.62. The van der Waals surface area contributed by atoms with Crippen LogP contribution in [0.3, 0.4) is 0 Å². The minimum atomic E-state index is -4.50. The van der Waals surface area contributed by atoms with Crippen molar-refractivity contribution in [3.63, 3.8) is 0 Å². The molecular weight excluding hydrogens is 459 g/mol. The number of rotatable bonds is 6. The number of anilines is 1. The number of fused-ring (bicyclic) bond motifs is 1. The van der Waals surface area contributed by atoms with Gasteiger partial charge >= 0.3 is 12.2 Å². The number of aryl methyl sites for hydroxylation is 1. The first-order valence-corrected chi connectivity index (χ1v) is 11.5. The van der Waals surface area contributed by atoms with Gasteiger partial charge in [0.25, 0.3) is 0 Å². The van der Waals surface area contributed by atoms with Gasteiger partial charge in [0.2, 0.25) is 10.0 Å². The molecule has 33 heavy (non-hydrogen) atoms. The van der Waals surface area contributed by atoms with E-state index in [4.69, 9.17) is 0 Å². The van der Waals surface area contributed by atoms with Crippen molar-refractivity contribution in [3.8, 4) is 0 Å². The molecule has 3 rings (SSSR count). The second-order valence-corrected chi connectivity index (χ2v) is 9.32. The Morgan fingerprint density at radius 1 is 1.15 bits per heavy atom. The molecule has 0 fully saturated rings. The highest BCUT2D eigenvalue weighted by atomic mass is 32.2. The highest BCUT2D eigenvalue weighted by Gasteiger charge is 2.31. The van der Waals surface area contributed by atoms with Gasteiger partial charge in [-0.2, -0.15) is 13.2 Å². The van der Waals surface area contributed by atoms with Crippen molar-refractivity contribution in [1.29, 1.82) is 0 Å². The number of carbonyl (C=O) groups is 1. The summed E-state index contributed by atoms with van der Waals surface area (Å²) >= 11 is 0. The van der Waals surface area contributed by atoms with Gasteiger partial charge in [0.15, 0.2) is 0 Å². The molecule has 0 saturated heterocycles. The van der Waals surface area contributed by atoms with E-state index >= 15 is 0 Å². The average molecular weight is 484 g/mol. The first kappa shape index (κ1) is 24.5. The Bertz CT molecular complexity index is 1270. The van der Waals surface area contributed by atoms with Crippen molar-refractivity contribution >= 4 is 32.8 Å². The van der Waals surface area contributed by atoms with Gasteiger partial charge in [-0.05, 0) is 56.3 Å². The lowest BCUT2D eigenvalue weighted by Gasteiger charge is -2.16. The van der Waals surface area contributed by atoms with Crippen molar-refractivity contribution in [1.82, 2.24) is 19.2 Å². The molecule has 3 aromatic rings. The van der Waals surface area contributed by atoms with E-state index in [-0.39, 0.29) is 16.4 Å². The zero-order valence-electron chi connectivity index (χ0n) is 18.4. The summed E-state index contributed by atoms with van der Waals surface area (Å²) in [7, 11) is -0.817. The van der Waals surface area contributed by atoms with E-state index in [9.17, 15) is 26.4 Å². The minimum absolute atomic E-state index is 0.0317. The number of sulfonamides is 1. The molecule has 0 spiro atoms. The van der Waals surface area contributed by atoms with Gasteiger partial charge in [0, 0.05) is 26.3 Å².